The quantitative estimate of drug-likeness (QED) is 0.501. The zero-order chi connectivity index (χ0) is 10.1. The van der Waals surface area contributed by atoms with Crippen molar-refractivity contribution in [3.8, 4) is 0 Å². The molecular formula is C10H15NO3. The van der Waals surface area contributed by atoms with Crippen LogP contribution < -0.4 is 0 Å². The Labute approximate surface area is 83.2 Å². The van der Waals surface area contributed by atoms with E-state index in [1.807, 2.05) is 12.2 Å². The van der Waals surface area contributed by atoms with Crippen molar-refractivity contribution in [1.29, 1.82) is 0 Å². The molecule has 1 aliphatic carbocycles. The Kier molecular flexibility index (Phi) is 2.56. The van der Waals surface area contributed by atoms with Gasteiger partial charge in [-0.25, -0.2) is 0 Å². The Balaban J connectivity index is 1.97. The molecule has 1 fully saturated rings. The van der Waals surface area contributed by atoms with Gasteiger partial charge in [0, 0.05) is 20.3 Å². The summed E-state index contributed by atoms with van der Waals surface area (Å²) in [6, 6.07) is 0.180. The van der Waals surface area contributed by atoms with Crippen LogP contribution in [0.4, 0.5) is 0 Å². The summed E-state index contributed by atoms with van der Waals surface area (Å²) in [7, 11) is 1.66. The fraction of sp³-hybridized carbons (Fsp3) is 0.700. The van der Waals surface area contributed by atoms with E-state index < -0.39 is 0 Å². The fourth-order valence-corrected chi connectivity index (χ4v) is 2.24. The molecule has 2 rings (SSSR count). The minimum atomic E-state index is 0.0265. The predicted octanol–water partition coefficient (Wildman–Crippen LogP) is -0.219. The number of hydrogen-bond acceptors (Lipinski definition) is 3. The molecule has 14 heavy (non-hydrogen) atoms. The number of methoxy groups -OCH3 is 1. The van der Waals surface area contributed by atoms with Crippen molar-refractivity contribution in [3.63, 3.8) is 0 Å². The van der Waals surface area contributed by atoms with Gasteiger partial charge in [-0.15, -0.1) is 0 Å². The molecule has 78 valence electrons. The molecule has 1 aliphatic heterocycles. The zero-order valence-electron chi connectivity index (χ0n) is 8.22. The van der Waals surface area contributed by atoms with Crippen molar-refractivity contribution < 1.29 is 14.6 Å². The van der Waals surface area contributed by atoms with Crippen molar-refractivity contribution in [2.75, 3.05) is 20.3 Å². The number of aliphatic hydroxyl groups excluding tert-OH is 1. The smallest absolute Gasteiger partial charge is 0.232 e. The van der Waals surface area contributed by atoms with Gasteiger partial charge in [0.15, 0.2) is 0 Å². The summed E-state index contributed by atoms with van der Waals surface area (Å²) in [4.78, 5) is 13.3. The van der Waals surface area contributed by atoms with E-state index in [9.17, 15) is 4.79 Å². The number of hydrogen-bond donors (Lipinski definition) is 1. The van der Waals surface area contributed by atoms with Gasteiger partial charge in [0.2, 0.25) is 5.91 Å². The molecule has 0 radical (unpaired) electrons. The first-order valence-electron chi connectivity index (χ1n) is 4.92. The number of fused-ring (bicyclic) bond motifs is 1. The number of β-lactam (4-membered cyclic amide) rings is 1. The van der Waals surface area contributed by atoms with E-state index in [0.29, 0.717) is 13.0 Å². The van der Waals surface area contributed by atoms with Gasteiger partial charge in [-0.05, 0) is 6.42 Å². The van der Waals surface area contributed by atoms with Gasteiger partial charge in [-0.1, -0.05) is 12.2 Å². The maximum Gasteiger partial charge on any atom is 0.232 e. The second kappa shape index (κ2) is 3.71. The maximum atomic E-state index is 11.5. The predicted molar refractivity (Wildman–Crippen MR) is 50.6 cm³/mol. The molecule has 2 aliphatic rings. The van der Waals surface area contributed by atoms with Crippen molar-refractivity contribution in [2.45, 2.75) is 18.6 Å². The molecule has 0 unspecified atom stereocenters. The van der Waals surface area contributed by atoms with Crippen LogP contribution in [0, 0.1) is 5.92 Å². The summed E-state index contributed by atoms with van der Waals surface area (Å²) in [6.07, 6.45) is 4.56. The van der Waals surface area contributed by atoms with Gasteiger partial charge < -0.3 is 14.7 Å². The van der Waals surface area contributed by atoms with Gasteiger partial charge in [-0.3, -0.25) is 4.79 Å². The van der Waals surface area contributed by atoms with Crippen LogP contribution in [-0.4, -0.2) is 48.3 Å². The molecule has 4 nitrogen and oxygen atoms in total. The van der Waals surface area contributed by atoms with E-state index in [1.54, 1.807) is 12.0 Å². The standard InChI is InChI=1S/C10H15NO3/c1-14-8-4-3-7-9(8)11(10(7)13)5-2-6-12/h3-4,7-9,12H,2,5-6H2,1H3/t7-,8-,9-/m0/s1. The number of likely N-dealkylation sites (tertiary alicyclic amines) is 1. The number of aliphatic hydroxyl groups is 1. The summed E-state index contributed by atoms with van der Waals surface area (Å²) in [6.45, 7) is 0.768. The van der Waals surface area contributed by atoms with Crippen LogP contribution in [0.5, 0.6) is 0 Å². The minimum absolute atomic E-state index is 0.0265. The monoisotopic (exact) mass is 197 g/mol. The van der Waals surface area contributed by atoms with Crippen LogP contribution in [0.25, 0.3) is 0 Å². The van der Waals surface area contributed by atoms with Crippen LogP contribution in [-0.2, 0) is 9.53 Å². The molecule has 0 bridgehead atoms. The average Bonchev–Trinajstić information content (AvgIpc) is 2.58. The summed E-state index contributed by atoms with van der Waals surface area (Å²) < 4.78 is 5.26. The van der Waals surface area contributed by atoms with Crippen molar-refractivity contribution in [3.05, 3.63) is 12.2 Å². The van der Waals surface area contributed by atoms with E-state index in [0.717, 1.165) is 0 Å². The second-order valence-corrected chi connectivity index (χ2v) is 3.71. The van der Waals surface area contributed by atoms with Gasteiger partial charge >= 0.3 is 0 Å². The molecule has 0 aromatic rings. The van der Waals surface area contributed by atoms with E-state index in [2.05, 4.69) is 0 Å². The highest BCUT2D eigenvalue weighted by atomic mass is 16.5. The molecule has 1 saturated heterocycles. The SMILES string of the molecule is CO[C@H]1C=C[C@@H]2C(=O)N(CCCO)[C@H]12. The number of carbonyl (C=O) groups excluding carboxylic acids is 1. The highest BCUT2D eigenvalue weighted by molar-refractivity contribution is 5.89. The Hall–Kier alpha value is -0.870. The molecule has 3 atom stereocenters. The number of carbonyl (C=O) groups is 1. The Morgan fingerprint density at radius 1 is 1.57 bits per heavy atom. The third-order valence-corrected chi connectivity index (χ3v) is 2.97. The molecule has 0 saturated carbocycles. The highest BCUT2D eigenvalue weighted by Gasteiger charge is 2.51. The second-order valence-electron chi connectivity index (χ2n) is 3.71. The summed E-state index contributed by atoms with van der Waals surface area (Å²) in [5.41, 5.74) is 0. The Morgan fingerprint density at radius 3 is 3.00 bits per heavy atom. The summed E-state index contributed by atoms with van der Waals surface area (Å²) in [5, 5.41) is 8.70. The number of amides is 1. The fourth-order valence-electron chi connectivity index (χ4n) is 2.24. The van der Waals surface area contributed by atoms with E-state index in [1.165, 1.54) is 0 Å². The summed E-state index contributed by atoms with van der Waals surface area (Å²) in [5.74, 6) is 0.192. The van der Waals surface area contributed by atoms with Crippen molar-refractivity contribution >= 4 is 5.91 Å². The van der Waals surface area contributed by atoms with Crippen LogP contribution in [0.1, 0.15) is 6.42 Å². The minimum Gasteiger partial charge on any atom is -0.396 e. The number of rotatable bonds is 4. The van der Waals surface area contributed by atoms with Crippen LogP contribution in [0.3, 0.4) is 0 Å². The van der Waals surface area contributed by atoms with Crippen molar-refractivity contribution in [2.24, 2.45) is 5.92 Å². The Morgan fingerprint density at radius 2 is 2.36 bits per heavy atom. The topological polar surface area (TPSA) is 49.8 Å². The molecule has 0 aromatic heterocycles. The lowest BCUT2D eigenvalue weighted by molar-refractivity contribution is -0.157. The largest absolute Gasteiger partial charge is 0.396 e. The third kappa shape index (κ3) is 1.26. The first-order chi connectivity index (χ1) is 6.79. The third-order valence-electron chi connectivity index (χ3n) is 2.97. The highest BCUT2D eigenvalue weighted by Crippen LogP contribution is 2.36. The van der Waals surface area contributed by atoms with Gasteiger partial charge in [0.25, 0.3) is 0 Å². The first-order valence-corrected chi connectivity index (χ1v) is 4.92. The van der Waals surface area contributed by atoms with E-state index in [4.69, 9.17) is 9.84 Å². The average molecular weight is 197 g/mol. The van der Waals surface area contributed by atoms with E-state index in [-0.39, 0.29) is 30.6 Å². The normalized spacial score (nSPS) is 34.6. The number of nitrogens with zero attached hydrogens (tertiary/aromatic N) is 1. The molecule has 1 heterocycles. The van der Waals surface area contributed by atoms with Crippen LogP contribution in [0.15, 0.2) is 12.2 Å². The van der Waals surface area contributed by atoms with Crippen LogP contribution >= 0.6 is 0 Å². The van der Waals surface area contributed by atoms with Gasteiger partial charge in [0.1, 0.15) is 0 Å². The Bertz CT molecular complexity index is 264. The molecule has 0 spiro atoms. The van der Waals surface area contributed by atoms with E-state index >= 15 is 0 Å². The summed E-state index contributed by atoms with van der Waals surface area (Å²) >= 11 is 0. The molecule has 4 heteroatoms. The molecule has 1 N–H and O–H groups in total. The van der Waals surface area contributed by atoms with Gasteiger partial charge in [0.05, 0.1) is 18.1 Å². The first kappa shape index (κ1) is 9.68. The zero-order valence-corrected chi connectivity index (χ0v) is 8.22. The van der Waals surface area contributed by atoms with Crippen molar-refractivity contribution in [1.82, 2.24) is 4.90 Å². The van der Waals surface area contributed by atoms with Crippen LogP contribution in [0.2, 0.25) is 0 Å². The lowest BCUT2D eigenvalue weighted by Crippen LogP contribution is -2.62. The number of ether oxygens (including phenoxy) is 1. The molecule has 1 amide bonds. The lowest BCUT2D eigenvalue weighted by atomic mass is 9.89. The van der Waals surface area contributed by atoms with Gasteiger partial charge in [-0.2, -0.15) is 0 Å². The lowest BCUT2D eigenvalue weighted by Gasteiger charge is -2.45. The molecular weight excluding hydrogens is 182 g/mol. The maximum absolute atomic E-state index is 11.5. The molecule has 0 aromatic carbocycles.